The minimum absolute atomic E-state index is 0.207. The van der Waals surface area contributed by atoms with Crippen LogP contribution in [0, 0.1) is 13.8 Å². The number of allylic oxidation sites excluding steroid dienone is 1. The van der Waals surface area contributed by atoms with Gasteiger partial charge in [-0.1, -0.05) is 30.3 Å². The third kappa shape index (κ3) is 4.67. The number of Topliss-reactive ketones (excluding diaryl/α,β-unsaturated/α-hetero) is 1. The lowest BCUT2D eigenvalue weighted by Gasteiger charge is -2.22. The van der Waals surface area contributed by atoms with Crippen LogP contribution in [0.15, 0.2) is 54.6 Å². The average molecular weight is 495 g/mol. The lowest BCUT2D eigenvalue weighted by molar-refractivity contribution is 0.0475. The third-order valence-electron chi connectivity index (χ3n) is 7.24. The molecule has 2 heterocycles. The van der Waals surface area contributed by atoms with Crippen molar-refractivity contribution in [2.45, 2.75) is 33.1 Å². The van der Waals surface area contributed by atoms with Crippen LogP contribution in [0.25, 0.3) is 22.6 Å². The lowest BCUT2D eigenvalue weighted by Crippen LogP contribution is -2.19. The molecule has 0 spiro atoms. The Morgan fingerprint density at radius 1 is 1.05 bits per heavy atom. The zero-order valence-electron chi connectivity index (χ0n) is 21.6. The summed E-state index contributed by atoms with van der Waals surface area (Å²) in [5, 5.41) is 0.746. The zero-order chi connectivity index (χ0) is 26.1. The maximum Gasteiger partial charge on any atom is 0.339 e. The first-order valence-corrected chi connectivity index (χ1v) is 12.5. The summed E-state index contributed by atoms with van der Waals surface area (Å²) >= 11 is 0. The number of methoxy groups -OCH3 is 1. The Bertz CT molecular complexity index is 1540. The fourth-order valence-corrected chi connectivity index (χ4v) is 5.03. The molecule has 37 heavy (non-hydrogen) atoms. The number of ether oxygens (including phenoxy) is 2. The Kier molecular flexibility index (Phi) is 6.66. The molecular weight excluding hydrogens is 464 g/mol. The maximum absolute atomic E-state index is 13.5. The summed E-state index contributed by atoms with van der Waals surface area (Å²) in [5.41, 5.74) is 7.50. The van der Waals surface area contributed by atoms with Gasteiger partial charge in [0.05, 0.1) is 23.9 Å². The number of hydrogen-bond donors (Lipinski definition) is 0. The van der Waals surface area contributed by atoms with Crippen molar-refractivity contribution < 1.29 is 19.1 Å². The molecule has 1 aliphatic rings. The van der Waals surface area contributed by atoms with Crippen LogP contribution in [-0.4, -0.2) is 35.0 Å². The predicted molar refractivity (Wildman–Crippen MR) is 145 cm³/mol. The highest BCUT2D eigenvalue weighted by Crippen LogP contribution is 2.36. The number of nitrogens with zero attached hydrogens (tertiary/aromatic N) is 2. The highest BCUT2D eigenvalue weighted by molar-refractivity contribution is 6.08. The number of carbonyl (C=O) groups excluding carboxylic acids is 2. The van der Waals surface area contributed by atoms with Crippen LogP contribution in [-0.2, 0) is 18.2 Å². The summed E-state index contributed by atoms with van der Waals surface area (Å²) in [5.74, 6) is 0.108. The molecule has 6 nitrogen and oxygen atoms in total. The second-order valence-corrected chi connectivity index (χ2v) is 9.47. The number of rotatable bonds is 6. The van der Waals surface area contributed by atoms with E-state index in [9.17, 15) is 9.59 Å². The van der Waals surface area contributed by atoms with Gasteiger partial charge in [-0.2, -0.15) is 0 Å². The summed E-state index contributed by atoms with van der Waals surface area (Å²) in [6, 6.07) is 17.3. The van der Waals surface area contributed by atoms with Crippen molar-refractivity contribution in [3.05, 3.63) is 93.9 Å². The molecule has 2 aromatic heterocycles. The van der Waals surface area contributed by atoms with Crippen molar-refractivity contribution in [1.29, 1.82) is 0 Å². The van der Waals surface area contributed by atoms with E-state index in [0.29, 0.717) is 11.1 Å². The van der Waals surface area contributed by atoms with Gasteiger partial charge in [-0.3, -0.25) is 4.79 Å². The Balaban J connectivity index is 1.51. The van der Waals surface area contributed by atoms with E-state index in [1.807, 2.05) is 80.1 Å². The van der Waals surface area contributed by atoms with E-state index in [1.54, 1.807) is 7.11 Å². The first kappa shape index (κ1) is 24.5. The van der Waals surface area contributed by atoms with Gasteiger partial charge in [-0.25, -0.2) is 9.78 Å². The number of aromatic nitrogens is 2. The van der Waals surface area contributed by atoms with Crippen molar-refractivity contribution in [3.8, 4) is 5.75 Å². The highest BCUT2D eigenvalue weighted by atomic mass is 16.5. The van der Waals surface area contributed by atoms with E-state index in [4.69, 9.17) is 14.5 Å². The monoisotopic (exact) mass is 494 g/mol. The van der Waals surface area contributed by atoms with Crippen molar-refractivity contribution in [3.63, 3.8) is 0 Å². The first-order valence-electron chi connectivity index (χ1n) is 12.5. The zero-order valence-corrected chi connectivity index (χ0v) is 21.6. The smallest absolute Gasteiger partial charge is 0.339 e. The van der Waals surface area contributed by atoms with Gasteiger partial charge in [0.1, 0.15) is 5.75 Å². The summed E-state index contributed by atoms with van der Waals surface area (Å²) < 4.78 is 12.9. The standard InChI is InChI=1S/C31H30N2O4/c1-19-16-26(20(2)33(19)3)28(34)18-37-31(35)29-24-9-5-6-11-27(24)32-30-22(8-7-10-25(29)30)17-21-12-14-23(36-4)15-13-21/h5-6,9,11-17H,7-8,10,18H2,1-4H3. The quantitative estimate of drug-likeness (QED) is 0.239. The molecule has 188 valence electrons. The number of fused-ring (bicyclic) bond motifs is 2. The Morgan fingerprint density at radius 3 is 2.51 bits per heavy atom. The van der Waals surface area contributed by atoms with Crippen molar-refractivity contribution in [2.24, 2.45) is 7.05 Å². The lowest BCUT2D eigenvalue weighted by atomic mass is 9.86. The molecule has 0 atom stereocenters. The van der Waals surface area contributed by atoms with Gasteiger partial charge in [0.25, 0.3) is 0 Å². The molecule has 0 saturated carbocycles. The minimum atomic E-state index is -0.487. The van der Waals surface area contributed by atoms with Crippen molar-refractivity contribution in [2.75, 3.05) is 13.7 Å². The van der Waals surface area contributed by atoms with E-state index in [1.165, 1.54) is 0 Å². The average Bonchev–Trinajstić information content (AvgIpc) is 3.18. The number of ketones is 1. The first-order chi connectivity index (χ1) is 17.9. The van der Waals surface area contributed by atoms with Gasteiger partial charge in [0.15, 0.2) is 6.61 Å². The van der Waals surface area contributed by atoms with E-state index >= 15 is 0 Å². The molecule has 0 saturated heterocycles. The topological polar surface area (TPSA) is 70.4 Å². The normalized spacial score (nSPS) is 14.0. The van der Waals surface area contributed by atoms with Crippen LogP contribution in [0.2, 0.25) is 0 Å². The fourth-order valence-electron chi connectivity index (χ4n) is 5.03. The number of carbonyl (C=O) groups is 2. The third-order valence-corrected chi connectivity index (χ3v) is 7.24. The number of hydrogen-bond acceptors (Lipinski definition) is 5. The molecule has 0 unspecified atom stereocenters. The Morgan fingerprint density at radius 2 is 1.81 bits per heavy atom. The van der Waals surface area contributed by atoms with Gasteiger partial charge in [-0.05, 0) is 80.2 Å². The van der Waals surface area contributed by atoms with Gasteiger partial charge < -0.3 is 14.0 Å². The second-order valence-electron chi connectivity index (χ2n) is 9.47. The molecule has 0 amide bonds. The fraction of sp³-hybridized carbons (Fsp3) is 0.258. The molecule has 0 N–H and O–H groups in total. The molecule has 6 heteroatoms. The summed E-state index contributed by atoms with van der Waals surface area (Å²) in [6.07, 6.45) is 4.61. The van der Waals surface area contributed by atoms with Crippen LogP contribution < -0.4 is 4.74 Å². The van der Waals surface area contributed by atoms with Crippen molar-refractivity contribution >= 4 is 34.3 Å². The van der Waals surface area contributed by atoms with E-state index in [0.717, 1.165) is 69.7 Å². The SMILES string of the molecule is COc1ccc(C=C2CCCc3c2nc2ccccc2c3C(=O)OCC(=O)c2cc(C)n(C)c2C)cc1. The molecule has 5 rings (SSSR count). The molecule has 2 aromatic carbocycles. The van der Waals surface area contributed by atoms with Crippen molar-refractivity contribution in [1.82, 2.24) is 9.55 Å². The molecular formula is C31H30N2O4. The number of benzene rings is 2. The van der Waals surface area contributed by atoms with Crippen LogP contribution in [0.3, 0.4) is 0 Å². The Labute approximate surface area is 216 Å². The molecule has 0 aliphatic heterocycles. The van der Waals surface area contributed by atoms with E-state index in [2.05, 4.69) is 6.08 Å². The summed E-state index contributed by atoms with van der Waals surface area (Å²) in [6.45, 7) is 3.54. The van der Waals surface area contributed by atoms with Crippen LogP contribution in [0.4, 0.5) is 0 Å². The van der Waals surface area contributed by atoms with E-state index in [-0.39, 0.29) is 12.4 Å². The number of para-hydroxylation sites is 1. The van der Waals surface area contributed by atoms with Gasteiger partial charge in [0, 0.05) is 29.4 Å². The highest BCUT2D eigenvalue weighted by Gasteiger charge is 2.27. The Hall–Kier alpha value is -4.19. The maximum atomic E-state index is 13.5. The molecule has 1 aliphatic carbocycles. The van der Waals surface area contributed by atoms with Crippen LogP contribution in [0.5, 0.6) is 5.75 Å². The summed E-state index contributed by atoms with van der Waals surface area (Å²) in [4.78, 5) is 31.4. The number of esters is 1. The van der Waals surface area contributed by atoms with Gasteiger partial charge >= 0.3 is 5.97 Å². The minimum Gasteiger partial charge on any atom is -0.497 e. The molecule has 0 fully saturated rings. The largest absolute Gasteiger partial charge is 0.497 e. The predicted octanol–water partition coefficient (Wildman–Crippen LogP) is 6.12. The van der Waals surface area contributed by atoms with Crippen LogP contribution >= 0.6 is 0 Å². The molecule has 0 bridgehead atoms. The van der Waals surface area contributed by atoms with Crippen LogP contribution in [0.1, 0.15) is 61.8 Å². The molecule has 0 radical (unpaired) electrons. The van der Waals surface area contributed by atoms with Gasteiger partial charge in [-0.15, -0.1) is 0 Å². The molecule has 4 aromatic rings. The number of aryl methyl sites for hydroxylation is 1. The van der Waals surface area contributed by atoms with Gasteiger partial charge in [0.2, 0.25) is 5.78 Å². The summed E-state index contributed by atoms with van der Waals surface area (Å²) in [7, 11) is 3.57. The second kappa shape index (κ2) is 10.1. The number of pyridine rings is 1. The van der Waals surface area contributed by atoms with E-state index < -0.39 is 5.97 Å².